The summed E-state index contributed by atoms with van der Waals surface area (Å²) in [5.41, 5.74) is -3.88. The first-order chi connectivity index (χ1) is 16.6. The smallest absolute Gasteiger partial charge is 0.313 e. The Kier molecular flexibility index (Phi) is 5.18. The Morgan fingerprint density at radius 3 is 2.28 bits per heavy atom. The number of ether oxygens (including phenoxy) is 1. The molecule has 0 radical (unpaired) electrons. The Morgan fingerprint density at radius 2 is 1.61 bits per heavy atom. The molecular formula is C29H45ClO6. The number of rotatable bonds is 1. The maximum Gasteiger partial charge on any atom is 0.313 e. The lowest BCUT2D eigenvalue weighted by Gasteiger charge is -2.74. The van der Waals surface area contributed by atoms with E-state index in [1.165, 1.54) is 0 Å². The number of carbonyl (C=O) groups excluding carboxylic acids is 1. The average molecular weight is 525 g/mol. The predicted molar refractivity (Wildman–Crippen MR) is 135 cm³/mol. The molecule has 0 aromatic rings. The minimum atomic E-state index is -1.75. The zero-order valence-electron chi connectivity index (χ0n) is 22.5. The van der Waals surface area contributed by atoms with Gasteiger partial charge in [-0.15, -0.1) is 11.6 Å². The quantitative estimate of drug-likeness (QED) is 0.307. The van der Waals surface area contributed by atoms with Crippen LogP contribution in [0, 0.1) is 44.8 Å². The van der Waals surface area contributed by atoms with Gasteiger partial charge in [0.2, 0.25) is 0 Å². The van der Waals surface area contributed by atoms with Gasteiger partial charge in [0.05, 0.1) is 23.5 Å². The van der Waals surface area contributed by atoms with Crippen molar-refractivity contribution in [3.8, 4) is 0 Å². The number of alkyl halides is 1. The molecule has 6 aliphatic rings. The standard InChI is InChI=1S/C29H45ClO6/c1-23(2)8-10-27-11-9-26(5)25(4)7-6-17-24(3,13-16(32)21(33)28(17,35)15-31)18(25)12-20(30)29(26,19(27)14-23)36-22(27)34/h16-21,31-33,35H,6-15H2,1-5H3. The third-order valence-electron chi connectivity index (χ3n) is 13.7. The molecule has 4 N–H and O–H groups in total. The van der Waals surface area contributed by atoms with Crippen molar-refractivity contribution in [1.82, 2.24) is 0 Å². The van der Waals surface area contributed by atoms with Crippen molar-refractivity contribution in [3.05, 3.63) is 0 Å². The third kappa shape index (κ3) is 2.58. The molecule has 0 aromatic carbocycles. The van der Waals surface area contributed by atoms with Gasteiger partial charge in [0.1, 0.15) is 17.3 Å². The van der Waals surface area contributed by atoms with E-state index in [0.717, 1.165) is 38.5 Å². The van der Waals surface area contributed by atoms with Crippen LogP contribution in [0.15, 0.2) is 0 Å². The molecule has 36 heavy (non-hydrogen) atoms. The van der Waals surface area contributed by atoms with Crippen LogP contribution in [0.1, 0.15) is 92.4 Å². The van der Waals surface area contributed by atoms with Crippen molar-refractivity contribution in [2.24, 2.45) is 44.8 Å². The third-order valence-corrected chi connectivity index (χ3v) is 14.2. The normalized spacial score (nSPS) is 61.3. The van der Waals surface area contributed by atoms with E-state index in [1.807, 2.05) is 0 Å². The van der Waals surface area contributed by atoms with E-state index in [4.69, 9.17) is 16.3 Å². The summed E-state index contributed by atoms with van der Waals surface area (Å²) >= 11 is 7.48. The van der Waals surface area contributed by atoms with Gasteiger partial charge in [0.15, 0.2) is 0 Å². The van der Waals surface area contributed by atoms with E-state index < -0.39 is 40.8 Å². The first kappa shape index (κ1) is 25.9. The number of esters is 1. The lowest BCUT2D eigenvalue weighted by molar-refractivity contribution is -0.309. The zero-order chi connectivity index (χ0) is 26.3. The molecule has 6 nitrogen and oxygen atoms in total. The molecule has 0 amide bonds. The molecule has 7 heteroatoms. The highest BCUT2D eigenvalue weighted by Gasteiger charge is 2.83. The van der Waals surface area contributed by atoms with Gasteiger partial charge >= 0.3 is 5.97 Å². The van der Waals surface area contributed by atoms with Crippen LogP contribution in [0.5, 0.6) is 0 Å². The Bertz CT molecular complexity index is 987. The minimum Gasteiger partial charge on any atom is -0.456 e. The molecule has 2 bridgehead atoms. The van der Waals surface area contributed by atoms with Crippen LogP contribution in [0.2, 0.25) is 0 Å². The predicted octanol–water partition coefficient (Wildman–Crippen LogP) is 3.79. The van der Waals surface area contributed by atoms with Gasteiger partial charge in [0, 0.05) is 11.3 Å². The van der Waals surface area contributed by atoms with Crippen LogP contribution in [0.3, 0.4) is 0 Å². The summed E-state index contributed by atoms with van der Waals surface area (Å²) in [4.78, 5) is 13.7. The van der Waals surface area contributed by atoms with Crippen LogP contribution in [-0.4, -0.2) is 61.8 Å². The summed E-state index contributed by atoms with van der Waals surface area (Å²) in [7, 11) is 0. The second-order valence-electron chi connectivity index (χ2n) is 15.2. The van der Waals surface area contributed by atoms with E-state index in [1.54, 1.807) is 0 Å². The summed E-state index contributed by atoms with van der Waals surface area (Å²) < 4.78 is 6.66. The second kappa shape index (κ2) is 7.21. The van der Waals surface area contributed by atoms with E-state index >= 15 is 0 Å². The van der Waals surface area contributed by atoms with Gasteiger partial charge in [0.25, 0.3) is 0 Å². The van der Waals surface area contributed by atoms with Crippen LogP contribution in [0.25, 0.3) is 0 Å². The Labute approximate surface area is 220 Å². The fourth-order valence-electron chi connectivity index (χ4n) is 11.5. The van der Waals surface area contributed by atoms with Crippen molar-refractivity contribution < 1.29 is 30.0 Å². The number of halogens is 1. The summed E-state index contributed by atoms with van der Waals surface area (Å²) in [6, 6.07) is 0. The first-order valence-electron chi connectivity index (χ1n) is 14.1. The Morgan fingerprint density at radius 1 is 0.944 bits per heavy atom. The number of carbonyl (C=O) groups is 1. The number of aliphatic hydroxyl groups is 4. The molecule has 204 valence electrons. The summed E-state index contributed by atoms with van der Waals surface area (Å²) in [6.45, 7) is 10.8. The van der Waals surface area contributed by atoms with Crippen molar-refractivity contribution in [3.63, 3.8) is 0 Å². The lowest BCUT2D eigenvalue weighted by atomic mass is 9.31. The zero-order valence-corrected chi connectivity index (χ0v) is 23.3. The molecule has 5 saturated carbocycles. The highest BCUT2D eigenvalue weighted by Crippen LogP contribution is 2.81. The van der Waals surface area contributed by atoms with Gasteiger partial charge in [-0.25, -0.2) is 0 Å². The Hall–Kier alpha value is -0.400. The summed E-state index contributed by atoms with van der Waals surface area (Å²) in [5.74, 6) is -0.245. The molecule has 1 spiro atoms. The van der Waals surface area contributed by atoms with Gasteiger partial charge in [-0.2, -0.15) is 0 Å². The van der Waals surface area contributed by atoms with Crippen LogP contribution < -0.4 is 0 Å². The monoisotopic (exact) mass is 524 g/mol. The van der Waals surface area contributed by atoms with Crippen molar-refractivity contribution >= 4 is 17.6 Å². The number of hydrogen-bond acceptors (Lipinski definition) is 6. The average Bonchev–Trinajstić information content (AvgIpc) is 2.99. The number of aliphatic hydroxyl groups excluding tert-OH is 3. The second-order valence-corrected chi connectivity index (χ2v) is 15.8. The highest BCUT2D eigenvalue weighted by atomic mass is 35.5. The molecule has 6 fully saturated rings. The lowest BCUT2D eigenvalue weighted by Crippen LogP contribution is -2.77. The van der Waals surface area contributed by atoms with E-state index in [2.05, 4.69) is 34.6 Å². The molecule has 0 aromatic heterocycles. The molecule has 1 saturated heterocycles. The summed E-state index contributed by atoms with van der Waals surface area (Å²) in [6.07, 6.45) is 4.47. The molecule has 1 heterocycles. The fraction of sp³-hybridized carbons (Fsp3) is 0.966. The van der Waals surface area contributed by atoms with Gasteiger partial charge < -0.3 is 25.2 Å². The van der Waals surface area contributed by atoms with Crippen LogP contribution >= 0.6 is 11.6 Å². The molecule has 6 rings (SSSR count). The van der Waals surface area contributed by atoms with E-state index in [9.17, 15) is 25.2 Å². The minimum absolute atomic E-state index is 0.0369. The van der Waals surface area contributed by atoms with Crippen LogP contribution in [-0.2, 0) is 9.53 Å². The molecular weight excluding hydrogens is 480 g/mol. The SMILES string of the molecule is CC1(C)CCC23CCC4(C)C5(C)CCC6C(C)(CC(O)C(O)C6(O)CO)C5CC(Cl)C4(OC2=O)C3C1. The van der Waals surface area contributed by atoms with E-state index in [0.29, 0.717) is 19.3 Å². The van der Waals surface area contributed by atoms with Crippen molar-refractivity contribution in [2.45, 2.75) is 121 Å². The fourth-order valence-corrected chi connectivity index (χ4v) is 12.2. The number of hydrogen-bond donors (Lipinski definition) is 4. The molecule has 12 atom stereocenters. The maximum absolute atomic E-state index is 13.7. The topological polar surface area (TPSA) is 107 Å². The van der Waals surface area contributed by atoms with Gasteiger partial charge in [-0.05, 0) is 85.9 Å². The molecule has 5 aliphatic carbocycles. The van der Waals surface area contributed by atoms with E-state index in [-0.39, 0.29) is 45.3 Å². The largest absolute Gasteiger partial charge is 0.456 e. The Balaban J connectivity index is 1.49. The van der Waals surface area contributed by atoms with Gasteiger partial charge in [-0.1, -0.05) is 34.6 Å². The maximum atomic E-state index is 13.7. The first-order valence-corrected chi connectivity index (χ1v) is 14.6. The van der Waals surface area contributed by atoms with Gasteiger partial charge in [-0.3, -0.25) is 4.79 Å². The summed E-state index contributed by atoms with van der Waals surface area (Å²) in [5, 5.41) is 43.0. The van der Waals surface area contributed by atoms with Crippen LogP contribution in [0.4, 0.5) is 0 Å². The van der Waals surface area contributed by atoms with Crippen molar-refractivity contribution in [1.29, 1.82) is 0 Å². The molecule has 12 unspecified atom stereocenters. The number of fused-ring (bicyclic) bond motifs is 4. The van der Waals surface area contributed by atoms with Crippen molar-refractivity contribution in [2.75, 3.05) is 6.61 Å². The molecule has 1 aliphatic heterocycles. The highest BCUT2D eigenvalue weighted by molar-refractivity contribution is 6.22.